The number of nitrogens with one attached hydrogen (secondary N) is 1. The summed E-state index contributed by atoms with van der Waals surface area (Å²) in [5.41, 5.74) is 2.77. The minimum absolute atomic E-state index is 0.108. The molecule has 0 unspecified atom stereocenters. The summed E-state index contributed by atoms with van der Waals surface area (Å²) in [5.74, 6) is 2.99. The fraction of sp³-hybridized carbons (Fsp3) is 0.464. The number of para-hydroxylation sites is 2. The highest BCUT2D eigenvalue weighted by molar-refractivity contribution is 5.93. The van der Waals surface area contributed by atoms with Gasteiger partial charge in [0.1, 0.15) is 11.6 Å². The first-order chi connectivity index (χ1) is 16.2. The normalized spacial score (nSPS) is 13.9. The van der Waals surface area contributed by atoms with Crippen LogP contribution in [0.4, 0.5) is 11.4 Å². The third-order valence-corrected chi connectivity index (χ3v) is 6.41. The molecule has 3 rings (SSSR count). The van der Waals surface area contributed by atoms with Crippen molar-refractivity contribution in [3.63, 3.8) is 0 Å². The van der Waals surface area contributed by atoms with Crippen LogP contribution in [0.2, 0.25) is 0 Å². The van der Waals surface area contributed by atoms with Crippen molar-refractivity contribution in [2.75, 3.05) is 36.4 Å². The maximum absolute atomic E-state index is 12.7. The van der Waals surface area contributed by atoms with E-state index in [-0.39, 0.29) is 5.91 Å². The minimum Gasteiger partial charge on any atom is -0.385 e. The van der Waals surface area contributed by atoms with E-state index in [0.29, 0.717) is 31.0 Å². The Balaban J connectivity index is 1.43. The molecule has 0 aromatic heterocycles. The van der Waals surface area contributed by atoms with Gasteiger partial charge in [0.15, 0.2) is 0 Å². The third kappa shape index (κ3) is 7.80. The average Bonchev–Trinajstić information content (AvgIpc) is 2.86. The van der Waals surface area contributed by atoms with E-state index in [2.05, 4.69) is 40.4 Å². The molecule has 5 heteroatoms. The van der Waals surface area contributed by atoms with Gasteiger partial charge < -0.3 is 15.1 Å². The molecule has 1 amide bonds. The van der Waals surface area contributed by atoms with E-state index in [0.717, 1.165) is 51.0 Å². The molecule has 0 radical (unpaired) electrons. The number of hydrogen-bond acceptors (Lipinski definition) is 4. The van der Waals surface area contributed by atoms with Crippen LogP contribution in [0.1, 0.15) is 51.9 Å². The molecule has 1 saturated heterocycles. The molecule has 1 aliphatic rings. The monoisotopic (exact) mass is 447 g/mol. The van der Waals surface area contributed by atoms with Crippen LogP contribution in [0.25, 0.3) is 0 Å². The van der Waals surface area contributed by atoms with Crippen LogP contribution in [-0.2, 0) is 9.59 Å². The number of benzene rings is 2. The standard InChI is InChI=1S/C28H37N3O2/c1-2-10-28(33)31(26-14-7-4-8-15-26)22-18-27(23-32)30-20-16-24(17-21-30)11-9-19-29-25-12-5-3-6-13-25/h3-8,12-15,24,29H,2,9-11,16-22H2,1H3. The summed E-state index contributed by atoms with van der Waals surface area (Å²) in [6.45, 7) is 5.31. The van der Waals surface area contributed by atoms with E-state index in [1.165, 1.54) is 12.1 Å². The van der Waals surface area contributed by atoms with Crippen molar-refractivity contribution in [2.24, 2.45) is 5.92 Å². The topological polar surface area (TPSA) is 52.7 Å². The van der Waals surface area contributed by atoms with E-state index in [9.17, 15) is 9.59 Å². The Hall–Kier alpha value is -3.04. The molecule has 33 heavy (non-hydrogen) atoms. The van der Waals surface area contributed by atoms with Gasteiger partial charge in [-0.3, -0.25) is 4.79 Å². The maximum atomic E-state index is 12.7. The van der Waals surface area contributed by atoms with Crippen LogP contribution >= 0.6 is 0 Å². The van der Waals surface area contributed by atoms with Crippen molar-refractivity contribution >= 4 is 23.2 Å². The molecule has 2 aromatic rings. The zero-order valence-corrected chi connectivity index (χ0v) is 19.8. The molecule has 0 saturated carbocycles. The number of nitrogens with zero attached hydrogens (tertiary/aromatic N) is 2. The number of rotatable bonds is 12. The molecule has 5 nitrogen and oxygen atoms in total. The van der Waals surface area contributed by atoms with Gasteiger partial charge in [-0.05, 0) is 62.3 Å². The number of amides is 1. The van der Waals surface area contributed by atoms with Crippen molar-refractivity contribution in [1.82, 2.24) is 4.90 Å². The highest BCUT2D eigenvalue weighted by Gasteiger charge is 2.22. The Morgan fingerprint density at radius 1 is 1.03 bits per heavy atom. The summed E-state index contributed by atoms with van der Waals surface area (Å²) in [5, 5.41) is 3.48. The summed E-state index contributed by atoms with van der Waals surface area (Å²) in [4.78, 5) is 28.4. The molecule has 1 N–H and O–H groups in total. The molecule has 0 atom stereocenters. The van der Waals surface area contributed by atoms with Crippen molar-refractivity contribution in [3.8, 4) is 0 Å². The summed E-state index contributed by atoms with van der Waals surface area (Å²) in [7, 11) is 0. The molecule has 1 aliphatic heterocycles. The Morgan fingerprint density at radius 3 is 2.33 bits per heavy atom. The van der Waals surface area contributed by atoms with Gasteiger partial charge in [-0.2, -0.15) is 0 Å². The van der Waals surface area contributed by atoms with Crippen LogP contribution in [0, 0.1) is 5.92 Å². The molecular formula is C28H37N3O2. The van der Waals surface area contributed by atoms with E-state index < -0.39 is 0 Å². The predicted octanol–water partition coefficient (Wildman–Crippen LogP) is 5.53. The van der Waals surface area contributed by atoms with E-state index >= 15 is 0 Å². The second-order valence-electron chi connectivity index (χ2n) is 8.80. The second-order valence-corrected chi connectivity index (χ2v) is 8.80. The van der Waals surface area contributed by atoms with Crippen LogP contribution in [0.3, 0.4) is 0 Å². The van der Waals surface area contributed by atoms with Crippen molar-refractivity contribution in [1.29, 1.82) is 0 Å². The van der Waals surface area contributed by atoms with Gasteiger partial charge in [-0.15, -0.1) is 0 Å². The smallest absolute Gasteiger partial charge is 0.226 e. The number of piperidine rings is 1. The van der Waals surface area contributed by atoms with E-state index in [1.54, 1.807) is 0 Å². The van der Waals surface area contributed by atoms with Gasteiger partial charge in [0, 0.05) is 50.4 Å². The quantitative estimate of drug-likeness (QED) is 0.343. The number of anilines is 2. The molecule has 0 aliphatic carbocycles. The number of likely N-dealkylation sites (tertiary alicyclic amines) is 1. The Bertz CT molecular complexity index is 886. The zero-order valence-electron chi connectivity index (χ0n) is 19.8. The Labute approximate surface area is 198 Å². The van der Waals surface area contributed by atoms with Crippen LogP contribution in [0.15, 0.2) is 66.4 Å². The first kappa shape index (κ1) is 24.6. The molecule has 2 aromatic carbocycles. The number of hydrogen-bond donors (Lipinski definition) is 1. The van der Waals surface area contributed by atoms with Crippen molar-refractivity contribution in [2.45, 2.75) is 51.9 Å². The summed E-state index contributed by atoms with van der Waals surface area (Å²) < 4.78 is 0. The largest absolute Gasteiger partial charge is 0.385 e. The number of carbonyl (C=O) groups excluding carboxylic acids is 2. The Morgan fingerprint density at radius 2 is 1.70 bits per heavy atom. The van der Waals surface area contributed by atoms with Gasteiger partial charge in [-0.25, -0.2) is 4.79 Å². The third-order valence-electron chi connectivity index (χ3n) is 6.41. The van der Waals surface area contributed by atoms with Crippen molar-refractivity contribution < 1.29 is 9.59 Å². The Kier molecular flexibility index (Phi) is 10.1. The predicted molar refractivity (Wildman–Crippen MR) is 136 cm³/mol. The zero-order chi connectivity index (χ0) is 23.3. The molecule has 0 bridgehead atoms. The van der Waals surface area contributed by atoms with Crippen LogP contribution in [0.5, 0.6) is 0 Å². The molecular weight excluding hydrogens is 410 g/mol. The fourth-order valence-electron chi connectivity index (χ4n) is 4.52. The van der Waals surface area contributed by atoms with E-state index in [1.807, 2.05) is 48.2 Å². The highest BCUT2D eigenvalue weighted by Crippen LogP contribution is 2.25. The average molecular weight is 448 g/mol. The highest BCUT2D eigenvalue weighted by atomic mass is 16.2. The lowest BCUT2D eigenvalue weighted by molar-refractivity contribution is -0.118. The first-order valence-corrected chi connectivity index (χ1v) is 12.3. The summed E-state index contributed by atoms with van der Waals surface area (Å²) in [6, 6.07) is 20.1. The molecule has 1 fully saturated rings. The first-order valence-electron chi connectivity index (χ1n) is 12.3. The summed E-state index contributed by atoms with van der Waals surface area (Å²) >= 11 is 0. The SMILES string of the molecule is CCCC(=O)N(CCC(=C=O)N1CCC(CCCNc2ccccc2)CC1)c1ccccc1. The van der Waals surface area contributed by atoms with E-state index in [4.69, 9.17) is 0 Å². The lowest BCUT2D eigenvalue weighted by atomic mass is 9.92. The van der Waals surface area contributed by atoms with Gasteiger partial charge >= 0.3 is 0 Å². The lowest BCUT2D eigenvalue weighted by Crippen LogP contribution is -2.36. The van der Waals surface area contributed by atoms with Crippen LogP contribution < -0.4 is 10.2 Å². The fourth-order valence-corrected chi connectivity index (χ4v) is 4.52. The number of carbonyl (C=O) groups is 1. The minimum atomic E-state index is 0.108. The lowest BCUT2D eigenvalue weighted by Gasteiger charge is -2.34. The second kappa shape index (κ2) is 13.5. The molecule has 0 spiro atoms. The van der Waals surface area contributed by atoms with Gasteiger partial charge in [0.2, 0.25) is 5.91 Å². The van der Waals surface area contributed by atoms with Gasteiger partial charge in [-0.1, -0.05) is 43.3 Å². The summed E-state index contributed by atoms with van der Waals surface area (Å²) in [6.07, 6.45) is 6.44. The molecule has 176 valence electrons. The molecule has 1 heterocycles. The van der Waals surface area contributed by atoms with Gasteiger partial charge in [0.05, 0.1) is 0 Å². The van der Waals surface area contributed by atoms with Crippen LogP contribution in [-0.4, -0.2) is 42.9 Å². The maximum Gasteiger partial charge on any atom is 0.226 e. The van der Waals surface area contributed by atoms with Gasteiger partial charge in [0.25, 0.3) is 0 Å². The van der Waals surface area contributed by atoms with Crippen molar-refractivity contribution in [3.05, 3.63) is 66.4 Å².